The monoisotopic (exact) mass is 375 g/mol. The predicted molar refractivity (Wildman–Crippen MR) is 117 cm³/mol. The van der Waals surface area contributed by atoms with Crippen LogP contribution in [0.2, 0.25) is 5.02 Å². The Morgan fingerprint density at radius 3 is 2.50 bits per heavy atom. The molecule has 0 radical (unpaired) electrons. The minimum atomic E-state index is 0.539. The van der Waals surface area contributed by atoms with Crippen molar-refractivity contribution in [3.8, 4) is 0 Å². The Morgan fingerprint density at radius 1 is 1.31 bits per heavy atom. The molecule has 0 spiro atoms. The highest BCUT2D eigenvalue weighted by Crippen LogP contribution is 2.35. The molecule has 2 N–H and O–H groups in total. The smallest absolute Gasteiger partial charge is 0.130 e. The average molecular weight is 376 g/mol. The summed E-state index contributed by atoms with van der Waals surface area (Å²) in [7, 11) is 1.92. The summed E-state index contributed by atoms with van der Waals surface area (Å²) >= 11 is 6.52. The van der Waals surface area contributed by atoms with Crippen LogP contribution in [0.1, 0.15) is 57.6 Å². The maximum atomic E-state index is 8.78. The van der Waals surface area contributed by atoms with Gasteiger partial charge in [-0.2, -0.15) is 0 Å². The number of aryl methyl sites for hydroxylation is 2. The molecule has 0 aromatic heterocycles. The average Bonchev–Trinajstić information content (AvgIpc) is 2.59. The van der Waals surface area contributed by atoms with Crippen LogP contribution >= 0.6 is 11.6 Å². The third kappa shape index (κ3) is 4.91. The fourth-order valence-electron chi connectivity index (χ4n) is 3.49. The van der Waals surface area contributed by atoms with Crippen LogP contribution in [0.25, 0.3) is 0 Å². The van der Waals surface area contributed by atoms with Gasteiger partial charge in [0.1, 0.15) is 5.84 Å². The van der Waals surface area contributed by atoms with E-state index in [1.165, 1.54) is 0 Å². The largest absolute Gasteiger partial charge is 0.388 e. The number of amidine groups is 1. The number of halogens is 1. The van der Waals surface area contributed by atoms with Crippen molar-refractivity contribution in [3.05, 3.63) is 51.7 Å². The van der Waals surface area contributed by atoms with E-state index < -0.39 is 0 Å². The maximum absolute atomic E-state index is 8.78. The molecule has 0 unspecified atom stereocenters. The number of likely N-dealkylation sites (N-methyl/N-ethyl adjacent to an activating group) is 1. The van der Waals surface area contributed by atoms with Gasteiger partial charge in [-0.15, -0.1) is 0 Å². The lowest BCUT2D eigenvalue weighted by Gasteiger charge is -2.34. The summed E-state index contributed by atoms with van der Waals surface area (Å²) in [5, 5.41) is 12.8. The number of allylic oxidation sites excluding steroid dienone is 1. The Balaban J connectivity index is 0.00000163. The van der Waals surface area contributed by atoms with Crippen LogP contribution in [-0.2, 0) is 0 Å². The Morgan fingerprint density at radius 2 is 1.96 bits per heavy atom. The topological polar surface area (TPSA) is 39.1 Å². The normalized spacial score (nSPS) is 16.0. The number of hydrogen-bond acceptors (Lipinski definition) is 2. The van der Waals surface area contributed by atoms with Crippen molar-refractivity contribution in [2.75, 3.05) is 18.5 Å². The van der Waals surface area contributed by atoms with Crippen LogP contribution in [0.3, 0.4) is 0 Å². The molecule has 4 heteroatoms. The van der Waals surface area contributed by atoms with Crippen molar-refractivity contribution >= 4 is 23.1 Å². The SMILES string of the molecule is C=C(CCC)/C(NC)=C1\CCCN(c2c(C)cc(C)cc2Cl)C1=N.CC. The Bertz CT molecular complexity index is 666. The third-order valence-electron chi connectivity index (χ3n) is 4.49. The van der Waals surface area contributed by atoms with Gasteiger partial charge in [0.05, 0.1) is 10.7 Å². The van der Waals surface area contributed by atoms with Crippen LogP contribution in [0.5, 0.6) is 0 Å². The molecule has 1 fully saturated rings. The summed E-state index contributed by atoms with van der Waals surface area (Å²) in [6, 6.07) is 4.10. The van der Waals surface area contributed by atoms with Crippen LogP contribution in [-0.4, -0.2) is 19.4 Å². The first-order valence-electron chi connectivity index (χ1n) is 9.62. The molecule has 1 aliphatic heterocycles. The zero-order valence-corrected chi connectivity index (χ0v) is 18.0. The lowest BCUT2D eigenvalue weighted by atomic mass is 9.95. The van der Waals surface area contributed by atoms with Gasteiger partial charge in [0.15, 0.2) is 0 Å². The van der Waals surface area contributed by atoms with Gasteiger partial charge in [-0.1, -0.05) is 51.4 Å². The zero-order valence-electron chi connectivity index (χ0n) is 17.2. The number of nitrogens with one attached hydrogen (secondary N) is 2. The standard InChI is InChI=1S/C20H28ClN3.C2H6/c1-6-8-14(3)18(23-5)16-9-7-10-24(20(16)22)19-15(4)11-13(2)12-17(19)21;1-2/h11-12,22-23H,3,6-10H2,1-2,4-5H3;1-2H3/b18-16-,22-20?;. The molecule has 0 amide bonds. The molecule has 0 atom stereocenters. The second-order valence-electron chi connectivity index (χ2n) is 6.47. The van der Waals surface area contributed by atoms with Gasteiger partial charge < -0.3 is 10.2 Å². The van der Waals surface area contributed by atoms with Crippen molar-refractivity contribution in [1.82, 2.24) is 5.32 Å². The Labute approximate surface area is 164 Å². The predicted octanol–water partition coefficient (Wildman–Crippen LogP) is 6.39. The number of piperidine rings is 1. The van der Waals surface area contributed by atoms with Gasteiger partial charge in [0, 0.05) is 24.9 Å². The van der Waals surface area contributed by atoms with E-state index in [-0.39, 0.29) is 0 Å². The second-order valence-corrected chi connectivity index (χ2v) is 6.88. The van der Waals surface area contributed by atoms with E-state index in [1.54, 1.807) is 0 Å². The minimum absolute atomic E-state index is 0.539. The first-order valence-corrected chi connectivity index (χ1v) is 10.0. The highest BCUT2D eigenvalue weighted by Gasteiger charge is 2.27. The lowest BCUT2D eigenvalue weighted by Crippen LogP contribution is -2.38. The Hall–Kier alpha value is -1.74. The van der Waals surface area contributed by atoms with Gasteiger partial charge in [-0.25, -0.2) is 0 Å². The van der Waals surface area contributed by atoms with Crippen molar-refractivity contribution in [1.29, 1.82) is 5.41 Å². The molecule has 1 heterocycles. The van der Waals surface area contributed by atoms with E-state index in [0.717, 1.165) is 70.9 Å². The molecule has 0 saturated carbocycles. The molecule has 26 heavy (non-hydrogen) atoms. The van der Waals surface area contributed by atoms with Crippen LogP contribution < -0.4 is 10.2 Å². The van der Waals surface area contributed by atoms with E-state index >= 15 is 0 Å². The van der Waals surface area contributed by atoms with Gasteiger partial charge in [0.2, 0.25) is 0 Å². The number of nitrogens with zero attached hydrogens (tertiary/aromatic N) is 1. The summed E-state index contributed by atoms with van der Waals surface area (Å²) in [4.78, 5) is 2.05. The molecule has 0 bridgehead atoms. The summed E-state index contributed by atoms with van der Waals surface area (Å²) in [6.45, 7) is 15.3. The van der Waals surface area contributed by atoms with Crippen LogP contribution in [0.4, 0.5) is 5.69 Å². The second kappa shape index (κ2) is 10.4. The molecule has 1 aromatic carbocycles. The summed E-state index contributed by atoms with van der Waals surface area (Å²) in [5.74, 6) is 0.539. The number of hydrogen-bond donors (Lipinski definition) is 2. The zero-order chi connectivity index (χ0) is 19.9. The Kier molecular flexibility index (Phi) is 8.94. The van der Waals surface area contributed by atoms with Crippen LogP contribution in [0, 0.1) is 19.3 Å². The summed E-state index contributed by atoms with van der Waals surface area (Å²) in [5.41, 5.74) is 6.36. The maximum Gasteiger partial charge on any atom is 0.130 e. The quantitative estimate of drug-likeness (QED) is 0.625. The number of anilines is 1. The van der Waals surface area contributed by atoms with Crippen molar-refractivity contribution in [2.24, 2.45) is 0 Å². The van der Waals surface area contributed by atoms with Crippen molar-refractivity contribution < 1.29 is 0 Å². The number of benzene rings is 1. The van der Waals surface area contributed by atoms with E-state index in [0.29, 0.717) is 5.84 Å². The molecule has 1 aromatic rings. The molecular weight excluding hydrogens is 342 g/mol. The fraction of sp³-hybridized carbons (Fsp3) is 0.500. The number of rotatable bonds is 5. The van der Waals surface area contributed by atoms with Gasteiger partial charge >= 0.3 is 0 Å². The molecular formula is C22H34ClN3. The van der Waals surface area contributed by atoms with Gasteiger partial charge in [0.25, 0.3) is 0 Å². The molecule has 1 aliphatic rings. The van der Waals surface area contributed by atoms with Crippen LogP contribution in [0.15, 0.2) is 35.6 Å². The van der Waals surface area contributed by atoms with E-state index in [2.05, 4.69) is 31.8 Å². The first-order chi connectivity index (χ1) is 12.4. The molecule has 0 aliphatic carbocycles. The fourth-order valence-corrected chi connectivity index (χ4v) is 3.92. The van der Waals surface area contributed by atoms with Gasteiger partial charge in [-0.3, -0.25) is 5.41 Å². The molecule has 1 saturated heterocycles. The first kappa shape index (κ1) is 22.3. The summed E-state index contributed by atoms with van der Waals surface area (Å²) in [6.07, 6.45) is 3.90. The summed E-state index contributed by atoms with van der Waals surface area (Å²) < 4.78 is 0. The highest BCUT2D eigenvalue weighted by molar-refractivity contribution is 6.34. The van der Waals surface area contributed by atoms with E-state index in [9.17, 15) is 0 Å². The minimum Gasteiger partial charge on any atom is -0.388 e. The molecule has 144 valence electrons. The van der Waals surface area contributed by atoms with E-state index in [1.807, 2.05) is 38.8 Å². The van der Waals surface area contributed by atoms with Crippen molar-refractivity contribution in [3.63, 3.8) is 0 Å². The van der Waals surface area contributed by atoms with E-state index in [4.69, 9.17) is 17.0 Å². The van der Waals surface area contributed by atoms with Gasteiger partial charge in [-0.05, 0) is 55.9 Å². The van der Waals surface area contributed by atoms with Crippen molar-refractivity contribution in [2.45, 2.75) is 60.3 Å². The molecule has 3 nitrogen and oxygen atoms in total. The third-order valence-corrected chi connectivity index (χ3v) is 4.78. The highest BCUT2D eigenvalue weighted by atomic mass is 35.5. The lowest BCUT2D eigenvalue weighted by molar-refractivity contribution is 0.760. The molecule has 2 rings (SSSR count).